The van der Waals surface area contributed by atoms with Crippen molar-refractivity contribution >= 4 is 45.7 Å². The van der Waals surface area contributed by atoms with Gasteiger partial charge in [0.25, 0.3) is 5.56 Å². The molecule has 1 N–H and O–H groups in total. The molecule has 0 aliphatic heterocycles. The molecule has 0 bridgehead atoms. The van der Waals surface area contributed by atoms with E-state index in [1.54, 1.807) is 66.7 Å². The number of hydrogen-bond donors (Lipinski definition) is 1. The Morgan fingerprint density at radius 2 is 1.59 bits per heavy atom. The molecule has 1 amide bonds. The lowest BCUT2D eigenvalue weighted by Crippen LogP contribution is -2.42. The summed E-state index contributed by atoms with van der Waals surface area (Å²) < 4.78 is 2.44. The average Bonchev–Trinajstić information content (AvgIpc) is 2.78. The minimum Gasteiger partial charge on any atom is -0.324 e. The van der Waals surface area contributed by atoms with Crippen molar-refractivity contribution in [2.75, 3.05) is 5.32 Å². The number of para-hydroxylation sites is 1. The van der Waals surface area contributed by atoms with E-state index in [2.05, 4.69) is 5.32 Å². The molecule has 0 fully saturated rings. The number of hydrogen-bond acceptors (Lipinski definition) is 3. The minimum absolute atomic E-state index is 0.0642. The summed E-state index contributed by atoms with van der Waals surface area (Å²) >= 11 is 12.0. The third-order valence-corrected chi connectivity index (χ3v) is 5.65. The first-order valence-corrected chi connectivity index (χ1v) is 10.6. The molecule has 4 rings (SSSR count). The number of carbonyl (C=O) groups excluding carboxylic acids is 1. The Morgan fingerprint density at radius 1 is 0.906 bits per heavy atom. The van der Waals surface area contributed by atoms with Gasteiger partial charge in [-0.2, -0.15) is 0 Å². The van der Waals surface area contributed by atoms with Crippen LogP contribution in [0.5, 0.6) is 0 Å². The number of aryl methyl sites for hydroxylation is 1. The fraction of sp³-hybridized carbons (Fsp3) is 0.125. The Morgan fingerprint density at radius 3 is 2.34 bits per heavy atom. The number of anilines is 1. The first-order valence-electron chi connectivity index (χ1n) is 9.86. The summed E-state index contributed by atoms with van der Waals surface area (Å²) in [4.78, 5) is 39.1. The van der Waals surface area contributed by atoms with Crippen LogP contribution in [0.25, 0.3) is 10.9 Å². The van der Waals surface area contributed by atoms with Gasteiger partial charge >= 0.3 is 5.69 Å². The average molecular weight is 468 g/mol. The Balaban J connectivity index is 1.75. The summed E-state index contributed by atoms with van der Waals surface area (Å²) in [5, 5.41) is 4.20. The van der Waals surface area contributed by atoms with Gasteiger partial charge in [-0.25, -0.2) is 4.79 Å². The monoisotopic (exact) mass is 467 g/mol. The zero-order chi connectivity index (χ0) is 22.8. The Labute approximate surface area is 193 Å². The number of carbonyl (C=O) groups is 1. The number of nitrogens with zero attached hydrogens (tertiary/aromatic N) is 2. The quantitative estimate of drug-likeness (QED) is 0.470. The first-order chi connectivity index (χ1) is 15.3. The summed E-state index contributed by atoms with van der Waals surface area (Å²) in [5.41, 5.74) is 1.56. The van der Waals surface area contributed by atoms with Crippen LogP contribution in [0.3, 0.4) is 0 Å². The number of rotatable bonds is 5. The van der Waals surface area contributed by atoms with E-state index in [1.807, 2.05) is 6.92 Å². The second-order valence-corrected chi connectivity index (χ2v) is 8.28. The molecule has 0 radical (unpaired) electrons. The molecule has 6 nitrogen and oxygen atoms in total. The van der Waals surface area contributed by atoms with Gasteiger partial charge in [-0.15, -0.1) is 0 Å². The van der Waals surface area contributed by atoms with Crippen molar-refractivity contribution in [3.05, 3.63) is 109 Å². The van der Waals surface area contributed by atoms with Crippen LogP contribution in [-0.4, -0.2) is 15.0 Å². The van der Waals surface area contributed by atoms with E-state index in [0.717, 1.165) is 15.7 Å². The maximum atomic E-state index is 13.3. The van der Waals surface area contributed by atoms with Gasteiger partial charge in [0.15, 0.2) is 0 Å². The Bertz CT molecular complexity index is 1440. The maximum Gasteiger partial charge on any atom is 0.332 e. The van der Waals surface area contributed by atoms with Crippen molar-refractivity contribution in [1.29, 1.82) is 0 Å². The third kappa shape index (κ3) is 4.47. The molecule has 1 heterocycles. The van der Waals surface area contributed by atoms with Gasteiger partial charge in [0.05, 0.1) is 17.4 Å². The van der Waals surface area contributed by atoms with Crippen LogP contribution in [-0.2, 0) is 17.9 Å². The molecule has 0 spiro atoms. The van der Waals surface area contributed by atoms with Gasteiger partial charge in [-0.3, -0.25) is 18.7 Å². The van der Waals surface area contributed by atoms with E-state index in [4.69, 9.17) is 23.2 Å². The zero-order valence-corrected chi connectivity index (χ0v) is 18.7. The number of nitrogens with one attached hydrogen (secondary N) is 1. The summed E-state index contributed by atoms with van der Waals surface area (Å²) in [6.45, 7) is 1.65. The molecule has 0 aliphatic carbocycles. The lowest BCUT2D eigenvalue weighted by molar-refractivity contribution is -0.116. The molecular formula is C24H19Cl2N3O3. The number of fused-ring (bicyclic) bond motifs is 1. The molecule has 0 aliphatic rings. The van der Waals surface area contributed by atoms with Crippen molar-refractivity contribution in [3.63, 3.8) is 0 Å². The fourth-order valence-corrected chi connectivity index (χ4v) is 3.80. The number of benzene rings is 3. The van der Waals surface area contributed by atoms with Crippen molar-refractivity contribution < 1.29 is 4.79 Å². The number of aromatic nitrogens is 2. The highest BCUT2D eigenvalue weighted by Crippen LogP contribution is 2.20. The highest BCUT2D eigenvalue weighted by molar-refractivity contribution is 6.31. The van der Waals surface area contributed by atoms with Crippen molar-refractivity contribution in [3.8, 4) is 0 Å². The van der Waals surface area contributed by atoms with Crippen LogP contribution in [0.15, 0.2) is 76.3 Å². The van der Waals surface area contributed by atoms with Crippen molar-refractivity contribution in [1.82, 2.24) is 9.13 Å². The Hall–Kier alpha value is -3.35. The standard InChI is InChI=1S/C24H19Cl2N3O3/c1-15-6-9-18(26)12-20(15)27-22(30)14-28-21-5-3-2-4-19(21)23(31)29(24(28)32)13-16-7-10-17(25)11-8-16/h2-12H,13-14H2,1H3,(H,27,30). The Kier molecular flexibility index (Phi) is 6.17. The topological polar surface area (TPSA) is 73.1 Å². The second-order valence-electron chi connectivity index (χ2n) is 7.41. The van der Waals surface area contributed by atoms with Crippen LogP contribution in [0, 0.1) is 6.92 Å². The molecule has 4 aromatic rings. The second kappa shape index (κ2) is 9.02. The summed E-state index contributed by atoms with van der Waals surface area (Å²) in [7, 11) is 0. The summed E-state index contributed by atoms with van der Waals surface area (Å²) in [6, 6.07) is 18.8. The van der Waals surface area contributed by atoms with E-state index in [0.29, 0.717) is 26.6 Å². The molecule has 0 saturated heterocycles. The highest BCUT2D eigenvalue weighted by atomic mass is 35.5. The SMILES string of the molecule is Cc1ccc(Cl)cc1NC(=O)Cn1c(=O)n(Cc2ccc(Cl)cc2)c(=O)c2ccccc21. The van der Waals surface area contributed by atoms with E-state index in [-0.39, 0.29) is 13.1 Å². The molecule has 3 aromatic carbocycles. The zero-order valence-electron chi connectivity index (χ0n) is 17.1. The van der Waals surface area contributed by atoms with Gasteiger partial charge in [0, 0.05) is 15.7 Å². The van der Waals surface area contributed by atoms with Gasteiger partial charge in [0.2, 0.25) is 5.91 Å². The molecule has 0 unspecified atom stereocenters. The van der Waals surface area contributed by atoms with Crippen LogP contribution < -0.4 is 16.6 Å². The summed E-state index contributed by atoms with van der Waals surface area (Å²) in [5.74, 6) is -0.403. The van der Waals surface area contributed by atoms with E-state index in [1.165, 1.54) is 4.57 Å². The molecule has 32 heavy (non-hydrogen) atoms. The van der Waals surface area contributed by atoms with Crippen LogP contribution in [0.2, 0.25) is 10.0 Å². The van der Waals surface area contributed by atoms with Crippen molar-refractivity contribution in [2.24, 2.45) is 0 Å². The van der Waals surface area contributed by atoms with Crippen LogP contribution in [0.1, 0.15) is 11.1 Å². The molecule has 0 atom stereocenters. The van der Waals surface area contributed by atoms with Crippen LogP contribution >= 0.6 is 23.2 Å². The number of halogens is 2. The predicted octanol–water partition coefficient (Wildman–Crippen LogP) is 4.47. The van der Waals surface area contributed by atoms with Gasteiger partial charge in [-0.1, -0.05) is 53.5 Å². The minimum atomic E-state index is -0.568. The fourth-order valence-electron chi connectivity index (χ4n) is 3.50. The van der Waals surface area contributed by atoms with Gasteiger partial charge < -0.3 is 5.32 Å². The van der Waals surface area contributed by atoms with Gasteiger partial charge in [0.1, 0.15) is 6.54 Å². The maximum absolute atomic E-state index is 13.3. The predicted molar refractivity (Wildman–Crippen MR) is 128 cm³/mol. The summed E-state index contributed by atoms with van der Waals surface area (Å²) in [6.07, 6.45) is 0. The lowest BCUT2D eigenvalue weighted by Gasteiger charge is -2.15. The van der Waals surface area contributed by atoms with Crippen molar-refractivity contribution in [2.45, 2.75) is 20.0 Å². The third-order valence-electron chi connectivity index (χ3n) is 5.16. The molecule has 1 aromatic heterocycles. The first kappa shape index (κ1) is 21.9. The molecular weight excluding hydrogens is 449 g/mol. The largest absolute Gasteiger partial charge is 0.332 e. The van der Waals surface area contributed by atoms with E-state index < -0.39 is 17.2 Å². The smallest absolute Gasteiger partial charge is 0.324 e. The molecule has 0 saturated carbocycles. The molecule has 162 valence electrons. The normalized spacial score (nSPS) is 11.0. The van der Waals surface area contributed by atoms with Crippen LogP contribution in [0.4, 0.5) is 5.69 Å². The molecule has 8 heteroatoms. The van der Waals surface area contributed by atoms with E-state index >= 15 is 0 Å². The highest BCUT2D eigenvalue weighted by Gasteiger charge is 2.16. The van der Waals surface area contributed by atoms with Gasteiger partial charge in [-0.05, 0) is 54.4 Å². The van der Waals surface area contributed by atoms with E-state index in [9.17, 15) is 14.4 Å². The number of amides is 1. The lowest BCUT2D eigenvalue weighted by atomic mass is 10.2.